The molecular formula is C15H20O2. The van der Waals surface area contributed by atoms with E-state index < -0.39 is 0 Å². The van der Waals surface area contributed by atoms with Gasteiger partial charge in [-0.15, -0.1) is 0 Å². The standard InChI is InChI=1S/C15H20O2/c1-11(16)17-14(12-7-5-4-6-8-12)15(2,3)13-9-10-13/h4-8,13-14H,9-10H2,1-3H3. The van der Waals surface area contributed by atoms with Crippen molar-refractivity contribution >= 4 is 5.97 Å². The zero-order chi connectivity index (χ0) is 12.5. The summed E-state index contributed by atoms with van der Waals surface area (Å²) in [5.41, 5.74) is 1.12. The summed E-state index contributed by atoms with van der Waals surface area (Å²) < 4.78 is 5.56. The van der Waals surface area contributed by atoms with Gasteiger partial charge in [-0.3, -0.25) is 4.79 Å². The average Bonchev–Trinajstić information content (AvgIpc) is 3.10. The van der Waals surface area contributed by atoms with Crippen molar-refractivity contribution in [2.75, 3.05) is 0 Å². The Morgan fingerprint density at radius 2 is 1.88 bits per heavy atom. The van der Waals surface area contributed by atoms with Crippen LogP contribution in [0.3, 0.4) is 0 Å². The summed E-state index contributed by atoms with van der Waals surface area (Å²) in [6.45, 7) is 5.88. The first-order valence-corrected chi connectivity index (χ1v) is 6.24. The van der Waals surface area contributed by atoms with E-state index in [9.17, 15) is 4.79 Å². The second-order valence-electron chi connectivity index (χ2n) is 5.50. The Bertz CT molecular complexity index is 391. The van der Waals surface area contributed by atoms with Crippen LogP contribution in [0.1, 0.15) is 45.3 Å². The highest BCUT2D eigenvalue weighted by atomic mass is 16.5. The third kappa shape index (κ3) is 2.68. The molecule has 0 bridgehead atoms. The molecule has 0 spiro atoms. The van der Waals surface area contributed by atoms with Gasteiger partial charge in [0.1, 0.15) is 6.10 Å². The van der Waals surface area contributed by atoms with Gasteiger partial charge in [0, 0.05) is 12.3 Å². The van der Waals surface area contributed by atoms with Crippen LogP contribution in [0.25, 0.3) is 0 Å². The number of hydrogen-bond donors (Lipinski definition) is 0. The van der Waals surface area contributed by atoms with Crippen molar-refractivity contribution < 1.29 is 9.53 Å². The summed E-state index contributed by atoms with van der Waals surface area (Å²) in [6.07, 6.45) is 2.36. The first-order valence-electron chi connectivity index (χ1n) is 6.24. The minimum Gasteiger partial charge on any atom is -0.457 e. The van der Waals surface area contributed by atoms with Crippen LogP contribution in [0.5, 0.6) is 0 Å². The van der Waals surface area contributed by atoms with Crippen molar-refractivity contribution in [2.45, 2.75) is 39.7 Å². The molecule has 2 nitrogen and oxygen atoms in total. The first kappa shape index (κ1) is 12.2. The Kier molecular flexibility index (Phi) is 3.23. The number of carbonyl (C=O) groups is 1. The van der Waals surface area contributed by atoms with Gasteiger partial charge in [0.25, 0.3) is 0 Å². The normalized spacial score (nSPS) is 17.6. The molecule has 0 radical (unpaired) electrons. The smallest absolute Gasteiger partial charge is 0.303 e. The van der Waals surface area contributed by atoms with Crippen LogP contribution in [-0.4, -0.2) is 5.97 Å². The van der Waals surface area contributed by atoms with Gasteiger partial charge in [-0.2, -0.15) is 0 Å². The van der Waals surface area contributed by atoms with Gasteiger partial charge < -0.3 is 4.74 Å². The van der Waals surface area contributed by atoms with Crippen molar-refractivity contribution in [3.63, 3.8) is 0 Å². The van der Waals surface area contributed by atoms with Crippen molar-refractivity contribution in [2.24, 2.45) is 11.3 Å². The third-order valence-corrected chi connectivity index (χ3v) is 3.69. The molecule has 2 heteroatoms. The molecule has 92 valence electrons. The Balaban J connectivity index is 2.27. The lowest BCUT2D eigenvalue weighted by Gasteiger charge is -2.34. The Morgan fingerprint density at radius 1 is 1.29 bits per heavy atom. The number of esters is 1. The van der Waals surface area contributed by atoms with Crippen molar-refractivity contribution in [3.8, 4) is 0 Å². The van der Waals surface area contributed by atoms with Crippen molar-refractivity contribution in [3.05, 3.63) is 35.9 Å². The maximum Gasteiger partial charge on any atom is 0.303 e. The topological polar surface area (TPSA) is 26.3 Å². The Labute approximate surface area is 103 Å². The number of carbonyl (C=O) groups excluding carboxylic acids is 1. The number of benzene rings is 1. The molecule has 0 aliphatic heterocycles. The fraction of sp³-hybridized carbons (Fsp3) is 0.533. The molecule has 0 amide bonds. The van der Waals surface area contributed by atoms with Gasteiger partial charge in [-0.05, 0) is 24.3 Å². The molecule has 0 N–H and O–H groups in total. The summed E-state index contributed by atoms with van der Waals surface area (Å²) >= 11 is 0. The molecular weight excluding hydrogens is 212 g/mol. The summed E-state index contributed by atoms with van der Waals surface area (Å²) in [6, 6.07) is 10.1. The number of rotatable bonds is 4. The van der Waals surface area contributed by atoms with E-state index in [2.05, 4.69) is 13.8 Å². The van der Waals surface area contributed by atoms with E-state index >= 15 is 0 Å². The molecule has 1 unspecified atom stereocenters. The lowest BCUT2D eigenvalue weighted by atomic mass is 9.78. The lowest BCUT2D eigenvalue weighted by Crippen LogP contribution is -2.28. The van der Waals surface area contributed by atoms with E-state index in [1.165, 1.54) is 19.8 Å². The van der Waals surface area contributed by atoms with Gasteiger partial charge >= 0.3 is 5.97 Å². The lowest BCUT2D eigenvalue weighted by molar-refractivity contribution is -0.154. The summed E-state index contributed by atoms with van der Waals surface area (Å²) in [4.78, 5) is 11.3. The largest absolute Gasteiger partial charge is 0.457 e. The van der Waals surface area contributed by atoms with Crippen LogP contribution in [0.15, 0.2) is 30.3 Å². The average molecular weight is 232 g/mol. The van der Waals surface area contributed by atoms with Crippen molar-refractivity contribution in [1.82, 2.24) is 0 Å². The van der Waals surface area contributed by atoms with Gasteiger partial charge in [0.15, 0.2) is 0 Å². The highest BCUT2D eigenvalue weighted by Crippen LogP contribution is 2.53. The van der Waals surface area contributed by atoms with E-state index in [4.69, 9.17) is 4.74 Å². The zero-order valence-electron chi connectivity index (χ0n) is 10.8. The maximum absolute atomic E-state index is 11.3. The molecule has 0 aromatic heterocycles. The molecule has 1 aromatic carbocycles. The molecule has 1 aromatic rings. The fourth-order valence-electron chi connectivity index (χ4n) is 2.48. The van der Waals surface area contributed by atoms with Crippen LogP contribution in [0.4, 0.5) is 0 Å². The maximum atomic E-state index is 11.3. The van der Waals surface area contributed by atoms with Crippen LogP contribution < -0.4 is 0 Å². The van der Waals surface area contributed by atoms with Crippen LogP contribution >= 0.6 is 0 Å². The molecule has 1 saturated carbocycles. The highest BCUT2D eigenvalue weighted by Gasteiger charge is 2.45. The number of hydrogen-bond acceptors (Lipinski definition) is 2. The second-order valence-corrected chi connectivity index (χ2v) is 5.50. The van der Waals surface area contributed by atoms with Crippen LogP contribution in [0.2, 0.25) is 0 Å². The predicted octanol–water partition coefficient (Wildman–Crippen LogP) is 3.73. The second kappa shape index (κ2) is 4.52. The molecule has 1 atom stereocenters. The summed E-state index contributed by atoms with van der Waals surface area (Å²) in [5, 5.41) is 0. The first-order chi connectivity index (χ1) is 8.01. The SMILES string of the molecule is CC(=O)OC(c1ccccc1)C(C)(C)C1CC1. The minimum atomic E-state index is -0.201. The van der Waals surface area contributed by atoms with Gasteiger partial charge in [-0.25, -0.2) is 0 Å². The molecule has 1 aliphatic rings. The van der Waals surface area contributed by atoms with E-state index in [1.807, 2.05) is 30.3 Å². The van der Waals surface area contributed by atoms with E-state index in [1.54, 1.807) is 0 Å². The molecule has 17 heavy (non-hydrogen) atoms. The van der Waals surface area contributed by atoms with Gasteiger partial charge in [0.2, 0.25) is 0 Å². The molecule has 0 heterocycles. The Morgan fingerprint density at radius 3 is 2.35 bits per heavy atom. The van der Waals surface area contributed by atoms with E-state index in [0.29, 0.717) is 5.92 Å². The summed E-state index contributed by atoms with van der Waals surface area (Å²) in [5.74, 6) is 0.472. The zero-order valence-corrected chi connectivity index (χ0v) is 10.8. The van der Waals surface area contributed by atoms with Crippen molar-refractivity contribution in [1.29, 1.82) is 0 Å². The Hall–Kier alpha value is -1.31. The molecule has 1 aliphatic carbocycles. The van der Waals surface area contributed by atoms with Crippen LogP contribution in [0, 0.1) is 11.3 Å². The number of ether oxygens (including phenoxy) is 1. The fourth-order valence-corrected chi connectivity index (χ4v) is 2.48. The molecule has 2 rings (SSSR count). The third-order valence-electron chi connectivity index (χ3n) is 3.69. The minimum absolute atomic E-state index is 0.0209. The monoisotopic (exact) mass is 232 g/mol. The van der Waals surface area contributed by atoms with Gasteiger partial charge in [0.05, 0.1) is 0 Å². The van der Waals surface area contributed by atoms with Gasteiger partial charge in [-0.1, -0.05) is 44.2 Å². The summed E-state index contributed by atoms with van der Waals surface area (Å²) in [7, 11) is 0. The van der Waals surface area contributed by atoms with Crippen LogP contribution in [-0.2, 0) is 9.53 Å². The van der Waals surface area contributed by atoms with E-state index in [-0.39, 0.29) is 17.5 Å². The molecule has 1 fully saturated rings. The van der Waals surface area contributed by atoms with E-state index in [0.717, 1.165) is 5.56 Å². The quantitative estimate of drug-likeness (QED) is 0.739. The molecule has 0 saturated heterocycles. The predicted molar refractivity (Wildman–Crippen MR) is 67.5 cm³/mol. The highest BCUT2D eigenvalue weighted by molar-refractivity contribution is 5.66.